The Morgan fingerprint density at radius 3 is 2.55 bits per heavy atom. The first kappa shape index (κ1) is 10.7. The van der Waals surface area contributed by atoms with E-state index in [9.17, 15) is 13.6 Å². The highest BCUT2D eigenvalue weighted by Gasteiger charge is 2.39. The van der Waals surface area contributed by atoms with Gasteiger partial charge in [-0.1, -0.05) is 0 Å². The molecule has 0 N–H and O–H groups in total. The molecule has 66 valence electrons. The van der Waals surface area contributed by atoms with Gasteiger partial charge in [0.15, 0.2) is 0 Å². The topological polar surface area (TPSA) is 26.3 Å². The van der Waals surface area contributed by atoms with Gasteiger partial charge >= 0.3 is 11.9 Å². The van der Waals surface area contributed by atoms with Gasteiger partial charge in [-0.15, -0.1) is 0 Å². The van der Waals surface area contributed by atoms with Crippen molar-refractivity contribution >= 4 is 17.7 Å². The summed E-state index contributed by atoms with van der Waals surface area (Å²) in [7, 11) is 0. The SMILES string of the molecule is CCOC(=O)C(F)(F)CSC. The molecule has 0 rings (SSSR count). The van der Waals surface area contributed by atoms with Crippen LogP contribution in [0.1, 0.15) is 6.92 Å². The number of hydrogen-bond donors (Lipinski definition) is 0. The molecule has 0 fully saturated rings. The molecule has 0 aromatic heterocycles. The van der Waals surface area contributed by atoms with Crippen LogP contribution in [0.15, 0.2) is 0 Å². The molecule has 0 unspecified atom stereocenters. The zero-order valence-corrected chi connectivity index (χ0v) is 7.21. The van der Waals surface area contributed by atoms with Crippen LogP contribution in [0.3, 0.4) is 0 Å². The van der Waals surface area contributed by atoms with E-state index in [4.69, 9.17) is 0 Å². The molecule has 0 aliphatic carbocycles. The fourth-order valence-corrected chi connectivity index (χ4v) is 0.957. The summed E-state index contributed by atoms with van der Waals surface area (Å²) in [4.78, 5) is 10.5. The third-order valence-corrected chi connectivity index (χ3v) is 1.55. The fourth-order valence-electron chi connectivity index (χ4n) is 0.477. The van der Waals surface area contributed by atoms with Crippen molar-refractivity contribution in [3.63, 3.8) is 0 Å². The lowest BCUT2D eigenvalue weighted by Gasteiger charge is -2.12. The Bertz CT molecular complexity index is 139. The minimum atomic E-state index is -3.34. The van der Waals surface area contributed by atoms with Gasteiger partial charge in [0, 0.05) is 0 Å². The summed E-state index contributed by atoms with van der Waals surface area (Å²) >= 11 is 0.912. The molecule has 0 amide bonds. The van der Waals surface area contributed by atoms with Gasteiger partial charge in [-0.05, 0) is 13.2 Å². The number of carbonyl (C=O) groups is 1. The third kappa shape index (κ3) is 3.55. The van der Waals surface area contributed by atoms with Gasteiger partial charge in [0.1, 0.15) is 0 Å². The van der Waals surface area contributed by atoms with E-state index in [1.807, 2.05) is 0 Å². The summed E-state index contributed by atoms with van der Waals surface area (Å²) in [6.45, 7) is 1.48. The maximum Gasteiger partial charge on any atom is 0.377 e. The normalized spacial score (nSPS) is 11.3. The van der Waals surface area contributed by atoms with Gasteiger partial charge in [-0.2, -0.15) is 20.5 Å². The molecular weight excluding hydrogens is 174 g/mol. The van der Waals surface area contributed by atoms with Crippen molar-refractivity contribution < 1.29 is 18.3 Å². The Morgan fingerprint density at radius 2 is 2.18 bits per heavy atom. The molecule has 0 radical (unpaired) electrons. The molecule has 0 saturated carbocycles. The van der Waals surface area contributed by atoms with E-state index in [1.54, 1.807) is 0 Å². The minimum Gasteiger partial charge on any atom is -0.462 e. The van der Waals surface area contributed by atoms with Gasteiger partial charge in [0.2, 0.25) is 0 Å². The van der Waals surface area contributed by atoms with Crippen molar-refractivity contribution in [3.05, 3.63) is 0 Å². The largest absolute Gasteiger partial charge is 0.462 e. The first-order valence-electron chi connectivity index (χ1n) is 3.08. The summed E-state index contributed by atoms with van der Waals surface area (Å²) in [5.41, 5.74) is 0. The lowest BCUT2D eigenvalue weighted by molar-refractivity contribution is -0.167. The smallest absolute Gasteiger partial charge is 0.377 e. The monoisotopic (exact) mass is 184 g/mol. The molecule has 2 nitrogen and oxygen atoms in total. The molecule has 0 heterocycles. The van der Waals surface area contributed by atoms with Crippen molar-refractivity contribution in [2.75, 3.05) is 18.6 Å². The van der Waals surface area contributed by atoms with E-state index in [1.165, 1.54) is 13.2 Å². The van der Waals surface area contributed by atoms with Crippen LogP contribution in [0, 0.1) is 0 Å². The van der Waals surface area contributed by atoms with Crippen LogP contribution in [0.5, 0.6) is 0 Å². The van der Waals surface area contributed by atoms with E-state index in [-0.39, 0.29) is 6.61 Å². The number of thioether (sulfide) groups is 1. The molecule has 0 aliphatic heterocycles. The van der Waals surface area contributed by atoms with Crippen molar-refractivity contribution in [1.82, 2.24) is 0 Å². The van der Waals surface area contributed by atoms with Crippen LogP contribution >= 0.6 is 11.8 Å². The highest BCUT2D eigenvalue weighted by molar-refractivity contribution is 7.98. The molecule has 0 spiro atoms. The van der Waals surface area contributed by atoms with Crippen molar-refractivity contribution in [2.45, 2.75) is 12.8 Å². The lowest BCUT2D eigenvalue weighted by atomic mass is 10.4. The van der Waals surface area contributed by atoms with Gasteiger partial charge in [0.25, 0.3) is 0 Å². The third-order valence-electron chi connectivity index (χ3n) is 0.900. The summed E-state index contributed by atoms with van der Waals surface area (Å²) < 4.78 is 29.2. The van der Waals surface area contributed by atoms with E-state index in [2.05, 4.69) is 4.74 Å². The fraction of sp³-hybridized carbons (Fsp3) is 0.833. The first-order valence-corrected chi connectivity index (χ1v) is 4.48. The van der Waals surface area contributed by atoms with Crippen LogP contribution in [0.4, 0.5) is 8.78 Å². The maximum atomic E-state index is 12.5. The average molecular weight is 184 g/mol. The number of rotatable bonds is 4. The molecule has 5 heteroatoms. The summed E-state index contributed by atoms with van der Waals surface area (Å²) in [6, 6.07) is 0. The molecule has 0 aromatic carbocycles. The number of halogens is 2. The van der Waals surface area contributed by atoms with E-state index in [0.717, 1.165) is 11.8 Å². The second-order valence-corrected chi connectivity index (χ2v) is 2.72. The second kappa shape index (κ2) is 4.54. The van der Waals surface area contributed by atoms with E-state index < -0.39 is 17.6 Å². The van der Waals surface area contributed by atoms with Gasteiger partial charge in [-0.25, -0.2) is 4.79 Å². The van der Waals surface area contributed by atoms with E-state index in [0.29, 0.717) is 0 Å². The zero-order valence-electron chi connectivity index (χ0n) is 6.39. The lowest BCUT2D eigenvalue weighted by Crippen LogP contribution is -2.33. The first-order chi connectivity index (χ1) is 5.04. The average Bonchev–Trinajstić information content (AvgIpc) is 1.88. The van der Waals surface area contributed by atoms with Crippen LogP contribution in [-0.2, 0) is 9.53 Å². The van der Waals surface area contributed by atoms with Crippen molar-refractivity contribution in [3.8, 4) is 0 Å². The van der Waals surface area contributed by atoms with Crippen molar-refractivity contribution in [1.29, 1.82) is 0 Å². The van der Waals surface area contributed by atoms with Gasteiger partial charge in [0.05, 0.1) is 12.4 Å². The molecule has 0 aromatic rings. The Hall–Kier alpha value is -0.320. The Morgan fingerprint density at radius 1 is 1.64 bits per heavy atom. The number of alkyl halides is 2. The quantitative estimate of drug-likeness (QED) is 0.620. The van der Waals surface area contributed by atoms with Crippen LogP contribution in [-0.4, -0.2) is 30.5 Å². The highest BCUT2D eigenvalue weighted by atomic mass is 32.2. The summed E-state index contributed by atoms with van der Waals surface area (Å²) in [5, 5.41) is 0. The Labute approximate surface area is 68.3 Å². The van der Waals surface area contributed by atoms with Crippen LogP contribution in [0.2, 0.25) is 0 Å². The summed E-state index contributed by atoms with van der Waals surface area (Å²) in [5.74, 6) is -5.30. The standard InChI is InChI=1S/C6H10F2O2S/c1-3-10-5(9)6(7,8)4-11-2/h3-4H2,1-2H3. The van der Waals surface area contributed by atoms with Crippen LogP contribution < -0.4 is 0 Å². The second-order valence-electron chi connectivity index (χ2n) is 1.86. The Kier molecular flexibility index (Phi) is 4.40. The van der Waals surface area contributed by atoms with Crippen molar-refractivity contribution in [2.24, 2.45) is 0 Å². The van der Waals surface area contributed by atoms with Gasteiger partial charge < -0.3 is 4.74 Å². The number of esters is 1. The minimum absolute atomic E-state index is 0.0111. The number of carbonyl (C=O) groups excluding carboxylic acids is 1. The maximum absolute atomic E-state index is 12.5. The molecule has 11 heavy (non-hydrogen) atoms. The molecule has 0 bridgehead atoms. The zero-order chi connectivity index (χ0) is 8.91. The molecular formula is C6H10F2O2S. The summed E-state index contributed by atoms with van der Waals surface area (Å²) in [6.07, 6.45) is 1.51. The van der Waals surface area contributed by atoms with Crippen LogP contribution in [0.25, 0.3) is 0 Å². The van der Waals surface area contributed by atoms with Gasteiger partial charge in [-0.3, -0.25) is 0 Å². The van der Waals surface area contributed by atoms with E-state index >= 15 is 0 Å². The molecule has 0 aliphatic rings. The predicted octanol–water partition coefficient (Wildman–Crippen LogP) is 1.55. The number of ether oxygens (including phenoxy) is 1. The molecule has 0 saturated heterocycles. The molecule has 0 atom stereocenters. The predicted molar refractivity (Wildman–Crippen MR) is 40.0 cm³/mol. The highest BCUT2D eigenvalue weighted by Crippen LogP contribution is 2.19. The number of hydrogen-bond acceptors (Lipinski definition) is 3. The Balaban J connectivity index is 3.94.